The number of hydrogen-bond acceptors (Lipinski definition) is 2. The van der Waals surface area contributed by atoms with Gasteiger partial charge in [0.25, 0.3) is 0 Å². The molecule has 0 fully saturated rings. The van der Waals surface area contributed by atoms with Crippen molar-refractivity contribution in [3.8, 4) is 11.1 Å². The highest BCUT2D eigenvalue weighted by Gasteiger charge is 2.23. The maximum absolute atomic E-state index is 2.32. The van der Waals surface area contributed by atoms with Gasteiger partial charge in [-0.1, -0.05) is 36.4 Å². The van der Waals surface area contributed by atoms with Gasteiger partial charge in [-0.15, -0.1) is 23.5 Å². The summed E-state index contributed by atoms with van der Waals surface area (Å²) in [6.07, 6.45) is 4.34. The summed E-state index contributed by atoms with van der Waals surface area (Å²) in [4.78, 5) is 0. The highest BCUT2D eigenvalue weighted by atomic mass is 32.2. The van der Waals surface area contributed by atoms with Gasteiger partial charge in [-0.3, -0.25) is 0 Å². The Bertz CT molecular complexity index is 971. The van der Waals surface area contributed by atoms with Crippen molar-refractivity contribution in [3.05, 3.63) is 48.5 Å². The summed E-state index contributed by atoms with van der Waals surface area (Å²) in [5.74, 6) is 0. The molecule has 0 radical (unpaired) electrons. The number of fused-ring (bicyclic) bond motifs is 2. The van der Waals surface area contributed by atoms with E-state index in [0.717, 1.165) is 0 Å². The molecule has 0 amide bonds. The molecule has 0 aliphatic carbocycles. The van der Waals surface area contributed by atoms with E-state index in [9.17, 15) is 0 Å². The predicted octanol–water partition coefficient (Wildman–Crippen LogP) is 5.78. The van der Waals surface area contributed by atoms with Crippen LogP contribution in [0.15, 0.2) is 58.6 Å². The normalized spacial score (nSPS) is 11.7. The Morgan fingerprint density at radius 3 is 1.38 bits per heavy atom. The molecule has 4 aromatic rings. The van der Waals surface area contributed by atoms with Crippen LogP contribution in [0.5, 0.6) is 0 Å². The Balaban J connectivity index is 2.22. The average molecular weight is 353 g/mol. The lowest BCUT2D eigenvalue weighted by Crippen LogP contribution is -1.91. The van der Waals surface area contributed by atoms with Gasteiger partial charge in [-0.2, -0.15) is 0 Å². The Kier molecular flexibility index (Phi) is 3.89. The van der Waals surface area contributed by atoms with Crippen LogP contribution in [0, 0.1) is 0 Å². The number of aryl methyl sites for hydroxylation is 2. The van der Waals surface area contributed by atoms with E-state index in [1.165, 1.54) is 43.0 Å². The third-order valence-corrected chi connectivity index (χ3v) is 6.47. The van der Waals surface area contributed by atoms with Gasteiger partial charge in [0.2, 0.25) is 0 Å². The maximum atomic E-state index is 2.32. The molecule has 0 aliphatic heterocycles. The number of rotatable bonds is 3. The summed E-state index contributed by atoms with van der Waals surface area (Å²) in [5, 5.41) is 5.30. The monoisotopic (exact) mass is 352 g/mol. The predicted molar refractivity (Wildman–Crippen MR) is 108 cm³/mol. The van der Waals surface area contributed by atoms with Gasteiger partial charge in [0.1, 0.15) is 0 Å². The van der Waals surface area contributed by atoms with Crippen molar-refractivity contribution in [1.82, 2.24) is 9.13 Å². The van der Waals surface area contributed by atoms with Crippen LogP contribution in [0.3, 0.4) is 0 Å². The van der Waals surface area contributed by atoms with Crippen molar-refractivity contribution >= 4 is 45.3 Å². The van der Waals surface area contributed by atoms with E-state index < -0.39 is 0 Å². The Hall–Kier alpha value is -1.78. The molecule has 4 heteroatoms. The molecule has 2 aromatic heterocycles. The van der Waals surface area contributed by atoms with Crippen molar-refractivity contribution in [2.75, 3.05) is 12.5 Å². The standard InChI is InChI=1S/C20H20N2S2/c1-21-15-11-7-5-9-13(15)17(19(21)23-3)18-14-10-6-8-12-16(14)22(2)20(18)24-4/h5-12H,1-4H3. The van der Waals surface area contributed by atoms with Crippen molar-refractivity contribution in [2.45, 2.75) is 10.1 Å². The number of hydrogen-bond donors (Lipinski definition) is 0. The van der Waals surface area contributed by atoms with Crippen LogP contribution < -0.4 is 0 Å². The molecule has 0 bridgehead atoms. The fourth-order valence-corrected chi connectivity index (χ4v) is 5.28. The van der Waals surface area contributed by atoms with E-state index in [0.29, 0.717) is 0 Å². The highest BCUT2D eigenvalue weighted by Crippen LogP contribution is 2.46. The van der Waals surface area contributed by atoms with Crippen molar-refractivity contribution < 1.29 is 0 Å². The molecule has 24 heavy (non-hydrogen) atoms. The molecule has 0 atom stereocenters. The topological polar surface area (TPSA) is 9.86 Å². The smallest absolute Gasteiger partial charge is 0.0834 e. The van der Waals surface area contributed by atoms with Gasteiger partial charge < -0.3 is 9.13 Å². The first-order valence-corrected chi connectivity index (χ1v) is 10.4. The molecule has 122 valence electrons. The SMILES string of the molecule is CSc1c(-c2c(SC)n(C)c3ccccc23)c2ccccc2n1C. The number of aromatic nitrogens is 2. The second-order valence-electron chi connectivity index (χ2n) is 5.92. The van der Waals surface area contributed by atoms with Crippen molar-refractivity contribution in [3.63, 3.8) is 0 Å². The van der Waals surface area contributed by atoms with Gasteiger partial charge in [-0.05, 0) is 24.6 Å². The lowest BCUT2D eigenvalue weighted by atomic mass is 10.0. The summed E-state index contributed by atoms with van der Waals surface area (Å²) in [6.45, 7) is 0. The van der Waals surface area contributed by atoms with Gasteiger partial charge in [0, 0.05) is 47.0 Å². The quantitative estimate of drug-likeness (QED) is 0.432. The summed E-state index contributed by atoms with van der Waals surface area (Å²) in [7, 11) is 4.34. The Morgan fingerprint density at radius 1 is 0.625 bits per heavy atom. The second-order valence-corrected chi connectivity index (χ2v) is 7.51. The second kappa shape index (κ2) is 5.94. The molecule has 2 nitrogen and oxygen atoms in total. The zero-order chi connectivity index (χ0) is 16.8. The van der Waals surface area contributed by atoms with E-state index in [2.05, 4.69) is 84.3 Å². The minimum Gasteiger partial charge on any atom is -0.338 e. The third-order valence-electron chi connectivity index (χ3n) is 4.74. The van der Waals surface area contributed by atoms with E-state index in [4.69, 9.17) is 0 Å². The van der Waals surface area contributed by atoms with Crippen LogP contribution in [0.1, 0.15) is 0 Å². The minimum atomic E-state index is 1.29. The molecule has 2 heterocycles. The van der Waals surface area contributed by atoms with E-state index >= 15 is 0 Å². The molecule has 0 saturated carbocycles. The molecule has 0 aliphatic rings. The largest absolute Gasteiger partial charge is 0.338 e. The van der Waals surface area contributed by atoms with Crippen LogP contribution in [-0.4, -0.2) is 21.6 Å². The number of thioether (sulfide) groups is 2. The molecule has 0 saturated heterocycles. The van der Waals surface area contributed by atoms with Crippen LogP contribution >= 0.6 is 23.5 Å². The van der Waals surface area contributed by atoms with Gasteiger partial charge in [0.15, 0.2) is 0 Å². The van der Waals surface area contributed by atoms with Crippen molar-refractivity contribution in [2.24, 2.45) is 14.1 Å². The first kappa shape index (κ1) is 15.7. The van der Waals surface area contributed by atoms with E-state index in [-0.39, 0.29) is 0 Å². The molecular formula is C20H20N2S2. The maximum Gasteiger partial charge on any atom is 0.0834 e. The summed E-state index contributed by atoms with van der Waals surface area (Å²) in [5.41, 5.74) is 5.30. The molecule has 2 aromatic carbocycles. The Labute approximate surface area is 150 Å². The minimum absolute atomic E-state index is 1.29. The Morgan fingerprint density at radius 2 is 1.00 bits per heavy atom. The molecule has 0 N–H and O–H groups in total. The highest BCUT2D eigenvalue weighted by molar-refractivity contribution is 7.99. The fourth-order valence-electron chi connectivity index (χ4n) is 3.70. The van der Waals surface area contributed by atoms with Gasteiger partial charge in [-0.25, -0.2) is 0 Å². The molecular weight excluding hydrogens is 332 g/mol. The van der Waals surface area contributed by atoms with Crippen LogP contribution in [0.2, 0.25) is 0 Å². The van der Waals surface area contributed by atoms with Gasteiger partial charge in [0.05, 0.1) is 10.1 Å². The third kappa shape index (κ3) is 2.06. The lowest BCUT2D eigenvalue weighted by molar-refractivity contribution is 0.853. The zero-order valence-corrected chi connectivity index (χ0v) is 16.0. The van der Waals surface area contributed by atoms with Crippen LogP contribution in [0.4, 0.5) is 0 Å². The van der Waals surface area contributed by atoms with Gasteiger partial charge >= 0.3 is 0 Å². The lowest BCUT2D eigenvalue weighted by Gasteiger charge is -2.07. The first-order valence-electron chi connectivity index (χ1n) is 7.92. The van der Waals surface area contributed by atoms with Crippen molar-refractivity contribution in [1.29, 1.82) is 0 Å². The molecule has 0 spiro atoms. The first-order chi connectivity index (χ1) is 11.7. The number of para-hydroxylation sites is 2. The number of benzene rings is 2. The summed E-state index contributed by atoms with van der Waals surface area (Å²) < 4.78 is 4.64. The summed E-state index contributed by atoms with van der Waals surface area (Å²) in [6, 6.07) is 17.4. The molecule has 4 rings (SSSR count). The van der Waals surface area contributed by atoms with Crippen LogP contribution in [0.25, 0.3) is 32.9 Å². The zero-order valence-electron chi connectivity index (χ0n) is 14.3. The van der Waals surface area contributed by atoms with E-state index in [1.807, 2.05) is 23.5 Å². The van der Waals surface area contributed by atoms with E-state index in [1.54, 1.807) is 0 Å². The number of nitrogens with zero attached hydrogens (tertiary/aromatic N) is 2. The molecule has 0 unspecified atom stereocenters. The summed E-state index contributed by atoms with van der Waals surface area (Å²) >= 11 is 3.65. The fraction of sp³-hybridized carbons (Fsp3) is 0.200. The average Bonchev–Trinajstić information content (AvgIpc) is 3.06. The van der Waals surface area contributed by atoms with Crippen LogP contribution in [-0.2, 0) is 14.1 Å².